The van der Waals surface area contributed by atoms with Crippen molar-refractivity contribution in [2.24, 2.45) is 5.92 Å². The van der Waals surface area contributed by atoms with Crippen molar-refractivity contribution < 1.29 is 19.0 Å². The maximum absolute atomic E-state index is 11.5. The van der Waals surface area contributed by atoms with Crippen LogP contribution in [-0.4, -0.2) is 38.5 Å². The highest BCUT2D eigenvalue weighted by molar-refractivity contribution is 5.82. The van der Waals surface area contributed by atoms with Crippen LogP contribution in [0, 0.1) is 5.92 Å². The predicted octanol–water partition coefficient (Wildman–Crippen LogP) is 0.991. The molecule has 1 aliphatic rings. The average Bonchev–Trinajstić information content (AvgIpc) is 2.18. The van der Waals surface area contributed by atoms with E-state index in [0.29, 0.717) is 32.8 Å². The van der Waals surface area contributed by atoms with Gasteiger partial charge in [0.2, 0.25) is 0 Å². The maximum Gasteiger partial charge on any atom is 0.169 e. The van der Waals surface area contributed by atoms with Gasteiger partial charge in [-0.2, -0.15) is 0 Å². The molecule has 4 nitrogen and oxygen atoms in total. The smallest absolute Gasteiger partial charge is 0.169 e. The van der Waals surface area contributed by atoms with Gasteiger partial charge in [0.25, 0.3) is 0 Å². The summed E-state index contributed by atoms with van der Waals surface area (Å²) < 4.78 is 16.0. The summed E-state index contributed by atoms with van der Waals surface area (Å²) in [6.45, 7) is 5.83. The van der Waals surface area contributed by atoms with E-state index >= 15 is 0 Å². The van der Waals surface area contributed by atoms with Gasteiger partial charge in [0.1, 0.15) is 5.78 Å². The molecule has 1 atom stereocenters. The first kappa shape index (κ1) is 11.6. The van der Waals surface area contributed by atoms with Crippen molar-refractivity contribution in [1.29, 1.82) is 0 Å². The van der Waals surface area contributed by atoms with Crippen molar-refractivity contribution in [3.05, 3.63) is 0 Å². The third-order valence-corrected chi connectivity index (χ3v) is 2.19. The normalized spacial score (nSPS) is 23.1. The summed E-state index contributed by atoms with van der Waals surface area (Å²) in [5.74, 6) is -0.0631. The molecule has 1 saturated heterocycles. The fraction of sp³-hybridized carbons (Fsp3) is 0.900. The summed E-state index contributed by atoms with van der Waals surface area (Å²) >= 11 is 0. The van der Waals surface area contributed by atoms with Crippen LogP contribution in [0.4, 0.5) is 0 Å². The Kier molecular flexibility index (Phi) is 5.07. The van der Waals surface area contributed by atoms with Gasteiger partial charge in [-0.3, -0.25) is 4.79 Å². The number of rotatable bonds is 5. The quantitative estimate of drug-likeness (QED) is 0.624. The highest BCUT2D eigenvalue weighted by atomic mass is 16.7. The lowest BCUT2D eigenvalue weighted by Crippen LogP contribution is -2.39. The second kappa shape index (κ2) is 6.11. The highest BCUT2D eigenvalue weighted by Crippen LogP contribution is 2.17. The molecule has 0 amide bonds. The predicted molar refractivity (Wildman–Crippen MR) is 51.0 cm³/mol. The number of hydrogen-bond donors (Lipinski definition) is 0. The third-order valence-electron chi connectivity index (χ3n) is 2.19. The third kappa shape index (κ3) is 3.04. The van der Waals surface area contributed by atoms with Gasteiger partial charge in [-0.15, -0.1) is 0 Å². The molecular weight excluding hydrogens is 184 g/mol. The van der Waals surface area contributed by atoms with Crippen LogP contribution in [0.2, 0.25) is 0 Å². The van der Waals surface area contributed by atoms with Crippen molar-refractivity contribution in [2.75, 3.05) is 26.4 Å². The largest absolute Gasteiger partial charge is 0.380 e. The molecule has 0 aromatic heterocycles. The van der Waals surface area contributed by atoms with Crippen LogP contribution in [0.25, 0.3) is 0 Å². The van der Waals surface area contributed by atoms with Gasteiger partial charge in [0.05, 0.1) is 19.1 Å². The lowest BCUT2D eigenvalue weighted by atomic mass is 10.00. The first-order valence-electron chi connectivity index (χ1n) is 5.13. The van der Waals surface area contributed by atoms with Gasteiger partial charge in [0.15, 0.2) is 6.29 Å². The number of ether oxygens (including phenoxy) is 3. The Bertz CT molecular complexity index is 175. The van der Waals surface area contributed by atoms with E-state index in [1.807, 2.05) is 13.8 Å². The molecule has 4 heteroatoms. The van der Waals surface area contributed by atoms with Crippen LogP contribution in [0.15, 0.2) is 0 Å². The molecule has 0 N–H and O–H groups in total. The van der Waals surface area contributed by atoms with Crippen LogP contribution in [0.5, 0.6) is 0 Å². The second-order valence-corrected chi connectivity index (χ2v) is 3.18. The van der Waals surface area contributed by atoms with E-state index in [2.05, 4.69) is 0 Å². The van der Waals surface area contributed by atoms with Crippen LogP contribution < -0.4 is 0 Å². The topological polar surface area (TPSA) is 44.8 Å². The lowest BCUT2D eigenvalue weighted by molar-refractivity contribution is -0.188. The number of Topliss-reactive ketones (excluding diaryl/α,β-unsaturated/α-hetero) is 1. The molecule has 0 aromatic carbocycles. The van der Waals surface area contributed by atoms with Crippen molar-refractivity contribution in [1.82, 2.24) is 0 Å². The molecule has 1 fully saturated rings. The minimum atomic E-state index is -0.433. The van der Waals surface area contributed by atoms with E-state index in [4.69, 9.17) is 14.2 Å². The SMILES string of the molecule is CCOC(OCC)C1COCCC1=O. The molecule has 0 aromatic rings. The van der Waals surface area contributed by atoms with Gasteiger partial charge in [-0.05, 0) is 13.8 Å². The zero-order chi connectivity index (χ0) is 10.4. The molecule has 0 bridgehead atoms. The van der Waals surface area contributed by atoms with Crippen LogP contribution in [0.1, 0.15) is 20.3 Å². The molecule has 1 aliphatic heterocycles. The molecule has 1 unspecified atom stereocenters. The number of carbonyl (C=O) groups is 1. The van der Waals surface area contributed by atoms with Crippen LogP contribution in [0.3, 0.4) is 0 Å². The van der Waals surface area contributed by atoms with Crippen LogP contribution >= 0.6 is 0 Å². The zero-order valence-electron chi connectivity index (χ0n) is 8.82. The van der Waals surface area contributed by atoms with Gasteiger partial charge in [-0.1, -0.05) is 0 Å². The lowest BCUT2D eigenvalue weighted by Gasteiger charge is -2.28. The van der Waals surface area contributed by atoms with E-state index in [0.717, 1.165) is 0 Å². The number of ketones is 1. The van der Waals surface area contributed by atoms with E-state index in [1.54, 1.807) is 0 Å². The molecule has 0 radical (unpaired) electrons. The zero-order valence-corrected chi connectivity index (χ0v) is 8.82. The Morgan fingerprint density at radius 3 is 2.57 bits per heavy atom. The summed E-state index contributed by atoms with van der Waals surface area (Å²) in [6.07, 6.45) is 0.0409. The summed E-state index contributed by atoms with van der Waals surface area (Å²) in [5, 5.41) is 0. The Balaban J connectivity index is 2.50. The Labute approximate surface area is 84.5 Å². The molecule has 14 heavy (non-hydrogen) atoms. The van der Waals surface area contributed by atoms with Crippen molar-refractivity contribution in [3.8, 4) is 0 Å². The number of hydrogen-bond acceptors (Lipinski definition) is 4. The summed E-state index contributed by atoms with van der Waals surface area (Å²) in [5.41, 5.74) is 0. The molecule has 0 spiro atoms. The first-order chi connectivity index (χ1) is 6.79. The molecule has 0 saturated carbocycles. The monoisotopic (exact) mass is 202 g/mol. The van der Waals surface area contributed by atoms with Gasteiger partial charge in [0, 0.05) is 19.6 Å². The van der Waals surface area contributed by atoms with Gasteiger partial charge in [-0.25, -0.2) is 0 Å². The average molecular weight is 202 g/mol. The number of carbonyl (C=O) groups excluding carboxylic acids is 1. The first-order valence-corrected chi connectivity index (χ1v) is 5.13. The minimum absolute atomic E-state index is 0.183. The van der Waals surface area contributed by atoms with Gasteiger partial charge < -0.3 is 14.2 Å². The van der Waals surface area contributed by atoms with Crippen molar-refractivity contribution >= 4 is 5.78 Å². The van der Waals surface area contributed by atoms with Crippen LogP contribution in [-0.2, 0) is 19.0 Å². The fourth-order valence-corrected chi connectivity index (χ4v) is 1.50. The van der Waals surface area contributed by atoms with Crippen molar-refractivity contribution in [3.63, 3.8) is 0 Å². The fourth-order valence-electron chi connectivity index (χ4n) is 1.50. The highest BCUT2D eigenvalue weighted by Gasteiger charge is 2.31. The Hall–Kier alpha value is -0.450. The molecule has 1 heterocycles. The molecule has 0 aliphatic carbocycles. The summed E-state index contributed by atoms with van der Waals surface area (Å²) in [6, 6.07) is 0. The van der Waals surface area contributed by atoms with E-state index < -0.39 is 6.29 Å². The Morgan fingerprint density at radius 1 is 1.43 bits per heavy atom. The molecule has 82 valence electrons. The second-order valence-electron chi connectivity index (χ2n) is 3.18. The van der Waals surface area contributed by atoms with E-state index in [1.165, 1.54) is 0 Å². The molecular formula is C10H18O4. The van der Waals surface area contributed by atoms with E-state index in [-0.39, 0.29) is 11.7 Å². The van der Waals surface area contributed by atoms with Gasteiger partial charge >= 0.3 is 0 Å². The standard InChI is InChI=1S/C10H18O4/c1-3-13-10(14-4-2)8-7-12-6-5-9(8)11/h8,10H,3-7H2,1-2H3. The Morgan fingerprint density at radius 2 is 2.07 bits per heavy atom. The van der Waals surface area contributed by atoms with E-state index in [9.17, 15) is 4.79 Å². The maximum atomic E-state index is 11.5. The van der Waals surface area contributed by atoms with Crippen molar-refractivity contribution in [2.45, 2.75) is 26.6 Å². The summed E-state index contributed by atoms with van der Waals surface area (Å²) in [7, 11) is 0. The minimum Gasteiger partial charge on any atom is -0.380 e. The molecule has 1 rings (SSSR count). The summed E-state index contributed by atoms with van der Waals surface area (Å²) in [4.78, 5) is 11.5.